The molecule has 0 atom stereocenters. The second-order valence-electron chi connectivity index (χ2n) is 7.96. The van der Waals surface area contributed by atoms with Crippen molar-refractivity contribution >= 4 is 11.8 Å². The number of aromatic carboxylic acids is 1. The molecule has 2 N–H and O–H groups in total. The monoisotopic (exact) mass is 476 g/mol. The molecular formula is C23H23F3N4O4. The molecule has 2 aromatic heterocycles. The largest absolute Gasteiger partial charge is 0.493 e. The van der Waals surface area contributed by atoms with Crippen LogP contribution in [0, 0.1) is 5.92 Å². The highest BCUT2D eigenvalue weighted by atomic mass is 19.4. The molecule has 0 bridgehead atoms. The lowest BCUT2D eigenvalue weighted by Gasteiger charge is -2.32. The molecule has 1 aliphatic rings. The second-order valence-corrected chi connectivity index (χ2v) is 7.96. The predicted molar refractivity (Wildman–Crippen MR) is 117 cm³/mol. The van der Waals surface area contributed by atoms with E-state index in [1.165, 1.54) is 25.4 Å². The number of halogens is 3. The van der Waals surface area contributed by atoms with E-state index in [1.54, 1.807) is 18.2 Å². The Kier molecular flexibility index (Phi) is 6.62. The standard InChI is InChI=1S/C23H23F3N4O4/c1-33-17-4-2-15(22(31)32)10-18(17)34-13-14-6-8-30(9-7-14)20-5-3-16(11-27-20)21-28-12-19(29-21)23(24,25)26/h2-5,10-12,14H,6-9,13H2,1H3,(H,28,29)(H,31,32). The maximum Gasteiger partial charge on any atom is 0.432 e. The van der Waals surface area contributed by atoms with Crippen LogP contribution in [0.25, 0.3) is 11.4 Å². The summed E-state index contributed by atoms with van der Waals surface area (Å²) in [5.41, 5.74) is -0.299. The zero-order valence-electron chi connectivity index (χ0n) is 18.3. The quantitative estimate of drug-likeness (QED) is 0.518. The molecule has 180 valence electrons. The van der Waals surface area contributed by atoms with Crippen LogP contribution in [0.1, 0.15) is 28.9 Å². The van der Waals surface area contributed by atoms with Crippen LogP contribution in [0.2, 0.25) is 0 Å². The van der Waals surface area contributed by atoms with Crippen molar-refractivity contribution in [2.24, 2.45) is 5.92 Å². The molecule has 0 spiro atoms. The topological polar surface area (TPSA) is 101 Å². The van der Waals surface area contributed by atoms with Crippen LogP contribution >= 0.6 is 0 Å². The molecular weight excluding hydrogens is 453 g/mol. The summed E-state index contributed by atoms with van der Waals surface area (Å²) in [6.07, 6.45) is -0.513. The number of ether oxygens (including phenoxy) is 2. The number of aromatic amines is 1. The van der Waals surface area contributed by atoms with Gasteiger partial charge in [-0.25, -0.2) is 14.8 Å². The second kappa shape index (κ2) is 9.62. The molecule has 11 heteroatoms. The number of benzene rings is 1. The smallest absolute Gasteiger partial charge is 0.432 e. The predicted octanol–water partition coefficient (Wildman–Crippen LogP) is 4.49. The van der Waals surface area contributed by atoms with Gasteiger partial charge in [0.25, 0.3) is 0 Å². The van der Waals surface area contributed by atoms with Gasteiger partial charge in [0.2, 0.25) is 0 Å². The Morgan fingerprint density at radius 1 is 1.15 bits per heavy atom. The molecule has 34 heavy (non-hydrogen) atoms. The van der Waals surface area contributed by atoms with Crippen molar-refractivity contribution in [3.8, 4) is 22.9 Å². The number of rotatable bonds is 7. The first-order chi connectivity index (χ1) is 16.2. The van der Waals surface area contributed by atoms with Crippen LogP contribution < -0.4 is 14.4 Å². The summed E-state index contributed by atoms with van der Waals surface area (Å²) >= 11 is 0. The Morgan fingerprint density at radius 2 is 1.91 bits per heavy atom. The van der Waals surface area contributed by atoms with E-state index in [0.717, 1.165) is 37.9 Å². The number of anilines is 1. The van der Waals surface area contributed by atoms with E-state index < -0.39 is 17.8 Å². The third-order valence-electron chi connectivity index (χ3n) is 5.73. The molecule has 0 radical (unpaired) electrons. The number of pyridine rings is 1. The maximum absolute atomic E-state index is 12.8. The molecule has 4 rings (SSSR count). The highest BCUT2D eigenvalue weighted by Gasteiger charge is 2.33. The number of alkyl halides is 3. The normalized spacial score (nSPS) is 14.8. The number of methoxy groups -OCH3 is 1. The Morgan fingerprint density at radius 3 is 2.50 bits per heavy atom. The lowest BCUT2D eigenvalue weighted by molar-refractivity contribution is -0.140. The number of H-pyrrole nitrogens is 1. The third-order valence-corrected chi connectivity index (χ3v) is 5.73. The molecule has 1 saturated heterocycles. The summed E-state index contributed by atoms with van der Waals surface area (Å²) in [7, 11) is 1.50. The number of carboxylic acid groups (broad SMARTS) is 1. The fourth-order valence-electron chi connectivity index (χ4n) is 3.78. The number of nitrogens with zero attached hydrogens (tertiary/aromatic N) is 3. The molecule has 0 aliphatic carbocycles. The molecule has 3 aromatic rings. The highest BCUT2D eigenvalue weighted by Crippen LogP contribution is 2.31. The zero-order chi connectivity index (χ0) is 24.3. The number of hydrogen-bond acceptors (Lipinski definition) is 6. The number of aromatic nitrogens is 3. The summed E-state index contributed by atoms with van der Waals surface area (Å²) in [5, 5.41) is 9.18. The Balaban J connectivity index is 1.32. The molecule has 0 saturated carbocycles. The van der Waals surface area contributed by atoms with Crippen LogP contribution in [0.4, 0.5) is 19.0 Å². The number of piperidine rings is 1. The van der Waals surface area contributed by atoms with Gasteiger partial charge in [0, 0.05) is 24.8 Å². The number of carboxylic acids is 1. The van der Waals surface area contributed by atoms with Gasteiger partial charge >= 0.3 is 12.1 Å². The van der Waals surface area contributed by atoms with Gasteiger partial charge in [0.15, 0.2) is 11.5 Å². The molecule has 3 heterocycles. The van der Waals surface area contributed by atoms with Gasteiger partial charge in [-0.05, 0) is 49.1 Å². The van der Waals surface area contributed by atoms with Gasteiger partial charge in [-0.2, -0.15) is 13.2 Å². The first-order valence-electron chi connectivity index (χ1n) is 10.6. The Labute approximate surface area is 193 Å². The van der Waals surface area contributed by atoms with Crippen molar-refractivity contribution in [2.45, 2.75) is 19.0 Å². The van der Waals surface area contributed by atoms with Crippen molar-refractivity contribution in [1.29, 1.82) is 0 Å². The summed E-state index contributed by atoms with van der Waals surface area (Å²) in [6.45, 7) is 1.91. The summed E-state index contributed by atoms with van der Waals surface area (Å²) in [5.74, 6) is 0.968. The number of imidazole rings is 1. The minimum atomic E-state index is -4.48. The SMILES string of the molecule is COc1ccc(C(=O)O)cc1OCC1CCN(c2ccc(-c3ncc(C(F)(F)F)[nH]3)cn2)CC1. The van der Waals surface area contributed by atoms with Crippen molar-refractivity contribution < 1.29 is 32.5 Å². The summed E-state index contributed by atoms with van der Waals surface area (Å²) in [6, 6.07) is 7.95. The van der Waals surface area contributed by atoms with Crippen molar-refractivity contribution in [3.63, 3.8) is 0 Å². The zero-order valence-corrected chi connectivity index (χ0v) is 18.3. The van der Waals surface area contributed by atoms with Crippen LogP contribution in [-0.4, -0.2) is 52.8 Å². The fraction of sp³-hybridized carbons (Fsp3) is 0.348. The van der Waals surface area contributed by atoms with E-state index in [2.05, 4.69) is 19.9 Å². The van der Waals surface area contributed by atoms with E-state index in [0.29, 0.717) is 23.7 Å². The van der Waals surface area contributed by atoms with E-state index in [9.17, 15) is 23.1 Å². The molecule has 1 aliphatic heterocycles. The van der Waals surface area contributed by atoms with Gasteiger partial charge in [0.05, 0.1) is 25.5 Å². The first kappa shape index (κ1) is 23.4. The van der Waals surface area contributed by atoms with Crippen LogP contribution in [-0.2, 0) is 6.18 Å². The van der Waals surface area contributed by atoms with Gasteiger partial charge in [-0.15, -0.1) is 0 Å². The number of hydrogen-bond donors (Lipinski definition) is 2. The third kappa shape index (κ3) is 5.24. The molecule has 0 amide bonds. The lowest BCUT2D eigenvalue weighted by atomic mass is 9.98. The first-order valence-corrected chi connectivity index (χ1v) is 10.6. The van der Waals surface area contributed by atoms with E-state index in [-0.39, 0.29) is 17.3 Å². The highest BCUT2D eigenvalue weighted by molar-refractivity contribution is 5.88. The van der Waals surface area contributed by atoms with E-state index >= 15 is 0 Å². The van der Waals surface area contributed by atoms with Gasteiger partial charge in [-0.3, -0.25) is 0 Å². The average Bonchev–Trinajstić information content (AvgIpc) is 3.34. The van der Waals surface area contributed by atoms with Gasteiger partial charge < -0.3 is 24.5 Å². The average molecular weight is 476 g/mol. The summed E-state index contributed by atoms with van der Waals surface area (Å²) in [4.78, 5) is 23.8. The minimum Gasteiger partial charge on any atom is -0.493 e. The van der Waals surface area contributed by atoms with Gasteiger partial charge in [-0.1, -0.05) is 0 Å². The Bertz CT molecular complexity index is 1140. The summed E-state index contributed by atoms with van der Waals surface area (Å²) < 4.78 is 49.4. The van der Waals surface area contributed by atoms with Crippen LogP contribution in [0.5, 0.6) is 11.5 Å². The number of carbonyl (C=O) groups is 1. The van der Waals surface area contributed by atoms with E-state index in [1.807, 2.05) is 0 Å². The molecule has 0 unspecified atom stereocenters. The fourth-order valence-corrected chi connectivity index (χ4v) is 3.78. The van der Waals surface area contributed by atoms with Crippen molar-refractivity contribution in [2.75, 3.05) is 31.7 Å². The van der Waals surface area contributed by atoms with Crippen LogP contribution in [0.15, 0.2) is 42.7 Å². The van der Waals surface area contributed by atoms with Crippen molar-refractivity contribution in [3.05, 3.63) is 54.0 Å². The van der Waals surface area contributed by atoms with E-state index in [4.69, 9.17) is 9.47 Å². The van der Waals surface area contributed by atoms with Crippen molar-refractivity contribution in [1.82, 2.24) is 15.0 Å². The number of nitrogens with one attached hydrogen (secondary N) is 1. The van der Waals surface area contributed by atoms with Gasteiger partial charge in [0.1, 0.15) is 17.3 Å². The molecule has 1 aromatic carbocycles. The maximum atomic E-state index is 12.8. The van der Waals surface area contributed by atoms with Crippen LogP contribution in [0.3, 0.4) is 0 Å². The minimum absolute atomic E-state index is 0.115. The molecule has 8 nitrogen and oxygen atoms in total. The molecule has 1 fully saturated rings. The Hall–Kier alpha value is -3.76. The lowest BCUT2D eigenvalue weighted by Crippen LogP contribution is -2.36.